The zero-order valence-electron chi connectivity index (χ0n) is 8.18. The van der Waals surface area contributed by atoms with Gasteiger partial charge in [0, 0.05) is 6.04 Å². The molecule has 1 rings (SSSR count). The first-order valence-electron chi connectivity index (χ1n) is 4.42. The largest absolute Gasteiger partial charge is 0.481 e. The van der Waals surface area contributed by atoms with Crippen LogP contribution in [0.3, 0.4) is 0 Å². The van der Waals surface area contributed by atoms with Crippen molar-refractivity contribution in [2.75, 3.05) is 0 Å². The van der Waals surface area contributed by atoms with E-state index in [1.807, 2.05) is 0 Å². The maximum Gasteiger partial charge on any atom is 0.336 e. The molecular formula is C10H10FNO4. The van der Waals surface area contributed by atoms with E-state index in [0.717, 1.165) is 12.1 Å². The summed E-state index contributed by atoms with van der Waals surface area (Å²) in [7, 11) is 0. The smallest absolute Gasteiger partial charge is 0.336 e. The van der Waals surface area contributed by atoms with E-state index in [4.69, 9.17) is 15.9 Å². The van der Waals surface area contributed by atoms with Gasteiger partial charge in [-0.05, 0) is 17.7 Å². The Kier molecular flexibility index (Phi) is 3.57. The quantitative estimate of drug-likeness (QED) is 0.712. The summed E-state index contributed by atoms with van der Waals surface area (Å²) in [5, 5.41) is 17.3. The lowest BCUT2D eigenvalue weighted by Crippen LogP contribution is -2.18. The monoisotopic (exact) mass is 227 g/mol. The number of rotatable bonds is 4. The summed E-state index contributed by atoms with van der Waals surface area (Å²) in [6.07, 6.45) is -0.411. The Balaban J connectivity index is 3.12. The topological polar surface area (TPSA) is 101 Å². The van der Waals surface area contributed by atoms with E-state index in [0.29, 0.717) is 0 Å². The van der Waals surface area contributed by atoms with E-state index in [1.54, 1.807) is 0 Å². The van der Waals surface area contributed by atoms with Gasteiger partial charge in [0.1, 0.15) is 5.82 Å². The van der Waals surface area contributed by atoms with Crippen LogP contribution in [0.15, 0.2) is 18.2 Å². The number of carboxylic acid groups (broad SMARTS) is 2. The van der Waals surface area contributed by atoms with E-state index >= 15 is 0 Å². The number of aliphatic carboxylic acids is 1. The van der Waals surface area contributed by atoms with Crippen molar-refractivity contribution in [2.24, 2.45) is 5.73 Å². The predicted octanol–water partition coefficient (Wildman–Crippen LogP) is 0.998. The van der Waals surface area contributed by atoms with E-state index in [9.17, 15) is 14.0 Å². The molecule has 86 valence electrons. The zero-order valence-corrected chi connectivity index (χ0v) is 8.18. The Morgan fingerprint density at radius 2 is 2.00 bits per heavy atom. The van der Waals surface area contributed by atoms with Gasteiger partial charge < -0.3 is 15.9 Å². The highest BCUT2D eigenvalue weighted by molar-refractivity contribution is 5.89. The molecule has 1 aromatic rings. The number of aromatic carboxylic acids is 1. The summed E-state index contributed by atoms with van der Waals surface area (Å²) in [4.78, 5) is 21.2. The van der Waals surface area contributed by atoms with Gasteiger partial charge in [0.05, 0.1) is 12.0 Å². The lowest BCUT2D eigenvalue weighted by Gasteiger charge is -2.12. The van der Waals surface area contributed by atoms with Crippen molar-refractivity contribution in [1.82, 2.24) is 0 Å². The molecule has 0 aromatic heterocycles. The van der Waals surface area contributed by atoms with E-state index in [-0.39, 0.29) is 11.1 Å². The zero-order chi connectivity index (χ0) is 12.3. The number of hydrogen-bond donors (Lipinski definition) is 3. The van der Waals surface area contributed by atoms with Crippen LogP contribution in [-0.2, 0) is 4.79 Å². The number of carbonyl (C=O) groups is 2. The molecule has 1 unspecified atom stereocenters. The molecule has 0 aliphatic heterocycles. The van der Waals surface area contributed by atoms with Crippen LogP contribution in [0.2, 0.25) is 0 Å². The van der Waals surface area contributed by atoms with Crippen molar-refractivity contribution >= 4 is 11.9 Å². The van der Waals surface area contributed by atoms with Crippen LogP contribution in [0.25, 0.3) is 0 Å². The highest BCUT2D eigenvalue weighted by Gasteiger charge is 2.18. The number of nitrogens with two attached hydrogens (primary N) is 1. The summed E-state index contributed by atoms with van der Waals surface area (Å²) in [5.41, 5.74) is 5.31. The fourth-order valence-corrected chi connectivity index (χ4v) is 1.34. The van der Waals surface area contributed by atoms with Crippen LogP contribution >= 0.6 is 0 Å². The average molecular weight is 227 g/mol. The van der Waals surface area contributed by atoms with Crippen LogP contribution in [0.4, 0.5) is 4.39 Å². The lowest BCUT2D eigenvalue weighted by molar-refractivity contribution is -0.137. The summed E-state index contributed by atoms with van der Waals surface area (Å²) >= 11 is 0. The number of halogens is 1. The summed E-state index contributed by atoms with van der Waals surface area (Å²) < 4.78 is 12.8. The average Bonchev–Trinajstić information content (AvgIpc) is 2.16. The summed E-state index contributed by atoms with van der Waals surface area (Å²) in [5.74, 6) is -3.19. The molecule has 0 saturated heterocycles. The molecule has 16 heavy (non-hydrogen) atoms. The molecule has 0 fully saturated rings. The highest BCUT2D eigenvalue weighted by atomic mass is 19.1. The maximum absolute atomic E-state index is 12.8. The molecule has 0 radical (unpaired) electrons. The van der Waals surface area contributed by atoms with E-state index < -0.39 is 30.2 Å². The van der Waals surface area contributed by atoms with E-state index in [2.05, 4.69) is 0 Å². The van der Waals surface area contributed by atoms with Crippen molar-refractivity contribution < 1.29 is 24.2 Å². The summed E-state index contributed by atoms with van der Waals surface area (Å²) in [6.45, 7) is 0. The van der Waals surface area contributed by atoms with Crippen LogP contribution in [0.5, 0.6) is 0 Å². The third-order valence-electron chi connectivity index (χ3n) is 2.04. The normalized spacial score (nSPS) is 12.1. The minimum atomic E-state index is -1.34. The molecule has 6 heteroatoms. The Morgan fingerprint density at radius 1 is 1.38 bits per heavy atom. The fraction of sp³-hybridized carbons (Fsp3) is 0.200. The summed E-state index contributed by atoms with van der Waals surface area (Å²) in [6, 6.07) is 2.08. The molecular weight excluding hydrogens is 217 g/mol. The van der Waals surface area contributed by atoms with Gasteiger partial charge in [0.2, 0.25) is 0 Å². The molecule has 0 heterocycles. The molecule has 1 aromatic carbocycles. The van der Waals surface area contributed by atoms with Gasteiger partial charge in [-0.2, -0.15) is 0 Å². The molecule has 0 amide bonds. The Morgan fingerprint density at radius 3 is 2.50 bits per heavy atom. The number of carboxylic acids is 2. The predicted molar refractivity (Wildman–Crippen MR) is 52.5 cm³/mol. The fourth-order valence-electron chi connectivity index (χ4n) is 1.34. The molecule has 1 atom stereocenters. The third-order valence-corrected chi connectivity index (χ3v) is 2.04. The second-order valence-corrected chi connectivity index (χ2v) is 3.24. The molecule has 0 aliphatic carbocycles. The molecule has 0 aliphatic rings. The lowest BCUT2D eigenvalue weighted by atomic mass is 9.98. The van der Waals surface area contributed by atoms with Crippen molar-refractivity contribution in [3.05, 3.63) is 35.1 Å². The second-order valence-electron chi connectivity index (χ2n) is 3.24. The highest BCUT2D eigenvalue weighted by Crippen LogP contribution is 2.20. The van der Waals surface area contributed by atoms with Gasteiger partial charge in [-0.3, -0.25) is 4.79 Å². The van der Waals surface area contributed by atoms with Gasteiger partial charge in [-0.1, -0.05) is 6.07 Å². The third kappa shape index (κ3) is 2.77. The van der Waals surface area contributed by atoms with Crippen molar-refractivity contribution in [3.8, 4) is 0 Å². The van der Waals surface area contributed by atoms with Crippen molar-refractivity contribution in [2.45, 2.75) is 12.5 Å². The number of benzene rings is 1. The van der Waals surface area contributed by atoms with Crippen LogP contribution in [-0.4, -0.2) is 22.2 Å². The van der Waals surface area contributed by atoms with Crippen LogP contribution < -0.4 is 5.73 Å². The first kappa shape index (κ1) is 12.1. The van der Waals surface area contributed by atoms with Crippen molar-refractivity contribution in [1.29, 1.82) is 0 Å². The van der Waals surface area contributed by atoms with Gasteiger partial charge in [-0.25, -0.2) is 9.18 Å². The first-order valence-corrected chi connectivity index (χ1v) is 4.42. The molecule has 0 spiro atoms. The maximum atomic E-state index is 12.8. The van der Waals surface area contributed by atoms with E-state index in [1.165, 1.54) is 6.07 Å². The molecule has 0 bridgehead atoms. The Labute approximate surface area is 90.3 Å². The molecule has 5 nitrogen and oxygen atoms in total. The molecule has 0 saturated carbocycles. The second kappa shape index (κ2) is 4.71. The van der Waals surface area contributed by atoms with Gasteiger partial charge in [0.15, 0.2) is 0 Å². The Hall–Kier alpha value is -1.95. The minimum absolute atomic E-state index is 0.108. The SMILES string of the molecule is NC(CC(=O)O)c1ccc(F)cc1C(=O)O. The molecule has 4 N–H and O–H groups in total. The van der Waals surface area contributed by atoms with Gasteiger partial charge in [0.25, 0.3) is 0 Å². The van der Waals surface area contributed by atoms with Gasteiger partial charge in [-0.15, -0.1) is 0 Å². The number of hydrogen-bond acceptors (Lipinski definition) is 3. The minimum Gasteiger partial charge on any atom is -0.481 e. The van der Waals surface area contributed by atoms with Gasteiger partial charge >= 0.3 is 11.9 Å². The first-order chi connectivity index (χ1) is 7.41. The Bertz CT molecular complexity index is 433. The standard InChI is InChI=1S/C10H10FNO4/c11-5-1-2-6(7(3-5)10(15)16)8(12)4-9(13)14/h1-3,8H,4,12H2,(H,13,14)(H,15,16). The van der Waals surface area contributed by atoms with Crippen LogP contribution in [0, 0.1) is 5.82 Å². The van der Waals surface area contributed by atoms with Crippen LogP contribution in [0.1, 0.15) is 28.4 Å². The van der Waals surface area contributed by atoms with Crippen molar-refractivity contribution in [3.63, 3.8) is 0 Å².